The summed E-state index contributed by atoms with van der Waals surface area (Å²) < 4.78 is 26.8. The first-order valence-corrected chi connectivity index (χ1v) is 13.5. The predicted molar refractivity (Wildman–Crippen MR) is 141 cm³/mol. The molecule has 3 aromatic carbocycles. The minimum atomic E-state index is -3.79. The summed E-state index contributed by atoms with van der Waals surface area (Å²) in [7, 11) is -3.79. The lowest BCUT2D eigenvalue weighted by Gasteiger charge is -2.32. The SMILES string of the molecule is CCCNC(=O)[C@H](C)N(Cc1cccc(C)c1)C(=O)CN(c1cccc2ccccc12)S(C)(=O)=O. The number of benzene rings is 3. The van der Waals surface area contributed by atoms with Crippen LogP contribution in [0.15, 0.2) is 66.7 Å². The highest BCUT2D eigenvalue weighted by Crippen LogP contribution is 2.28. The van der Waals surface area contributed by atoms with Crippen molar-refractivity contribution in [2.45, 2.75) is 39.8 Å². The molecular formula is C27H33N3O4S. The zero-order chi connectivity index (χ0) is 25.6. The molecule has 0 bridgehead atoms. The van der Waals surface area contributed by atoms with Crippen LogP contribution in [0.2, 0.25) is 0 Å². The zero-order valence-corrected chi connectivity index (χ0v) is 21.5. The highest BCUT2D eigenvalue weighted by Gasteiger charge is 2.30. The number of amides is 2. The number of carbonyl (C=O) groups is 2. The molecule has 0 fully saturated rings. The van der Waals surface area contributed by atoms with Gasteiger partial charge in [0.05, 0.1) is 11.9 Å². The van der Waals surface area contributed by atoms with E-state index in [9.17, 15) is 18.0 Å². The molecule has 0 spiro atoms. The summed E-state index contributed by atoms with van der Waals surface area (Å²) in [4.78, 5) is 27.9. The summed E-state index contributed by atoms with van der Waals surface area (Å²) in [5.74, 6) is -0.729. The monoisotopic (exact) mass is 495 g/mol. The number of hydrogen-bond acceptors (Lipinski definition) is 4. The van der Waals surface area contributed by atoms with Gasteiger partial charge in [-0.15, -0.1) is 0 Å². The molecule has 0 aliphatic heterocycles. The van der Waals surface area contributed by atoms with Crippen molar-refractivity contribution in [1.82, 2.24) is 10.2 Å². The van der Waals surface area contributed by atoms with Crippen LogP contribution in [0.3, 0.4) is 0 Å². The molecule has 2 amide bonds. The van der Waals surface area contributed by atoms with Gasteiger partial charge in [-0.05, 0) is 37.3 Å². The topological polar surface area (TPSA) is 86.8 Å². The fourth-order valence-electron chi connectivity index (χ4n) is 4.01. The molecule has 1 N–H and O–H groups in total. The first kappa shape index (κ1) is 26.2. The Labute approximate surface area is 207 Å². The summed E-state index contributed by atoms with van der Waals surface area (Å²) >= 11 is 0. The van der Waals surface area contributed by atoms with Crippen molar-refractivity contribution in [3.8, 4) is 0 Å². The summed E-state index contributed by atoms with van der Waals surface area (Å²) in [5, 5.41) is 4.44. The summed E-state index contributed by atoms with van der Waals surface area (Å²) in [6.07, 6.45) is 1.86. The van der Waals surface area contributed by atoms with Crippen LogP contribution in [0.5, 0.6) is 0 Å². The molecular weight excluding hydrogens is 462 g/mol. The Balaban J connectivity index is 1.98. The van der Waals surface area contributed by atoms with E-state index in [1.807, 2.05) is 68.4 Å². The van der Waals surface area contributed by atoms with Crippen LogP contribution >= 0.6 is 0 Å². The second-order valence-electron chi connectivity index (χ2n) is 8.75. The van der Waals surface area contributed by atoms with Gasteiger partial charge in [-0.25, -0.2) is 8.42 Å². The highest BCUT2D eigenvalue weighted by molar-refractivity contribution is 7.92. The van der Waals surface area contributed by atoms with Gasteiger partial charge in [-0.3, -0.25) is 13.9 Å². The van der Waals surface area contributed by atoms with Gasteiger partial charge in [0.2, 0.25) is 21.8 Å². The zero-order valence-electron chi connectivity index (χ0n) is 20.7. The van der Waals surface area contributed by atoms with Crippen LogP contribution in [-0.4, -0.2) is 50.5 Å². The van der Waals surface area contributed by atoms with Crippen LogP contribution in [-0.2, 0) is 26.2 Å². The maximum absolute atomic E-state index is 13.7. The van der Waals surface area contributed by atoms with Crippen molar-refractivity contribution >= 4 is 38.3 Å². The molecule has 0 saturated carbocycles. The maximum Gasteiger partial charge on any atom is 0.244 e. The molecule has 35 heavy (non-hydrogen) atoms. The summed E-state index contributed by atoms with van der Waals surface area (Å²) in [6, 6.07) is 19.7. The molecule has 3 aromatic rings. The van der Waals surface area contributed by atoms with E-state index < -0.39 is 28.5 Å². The van der Waals surface area contributed by atoms with Gasteiger partial charge < -0.3 is 10.2 Å². The molecule has 0 unspecified atom stereocenters. The fourth-order valence-corrected chi connectivity index (χ4v) is 4.87. The van der Waals surface area contributed by atoms with Crippen LogP contribution in [0.4, 0.5) is 5.69 Å². The average molecular weight is 496 g/mol. The Bertz CT molecular complexity index is 1300. The third-order valence-electron chi connectivity index (χ3n) is 5.87. The van der Waals surface area contributed by atoms with Gasteiger partial charge >= 0.3 is 0 Å². The van der Waals surface area contributed by atoms with Gasteiger partial charge in [0.25, 0.3) is 0 Å². The van der Waals surface area contributed by atoms with E-state index in [4.69, 9.17) is 0 Å². The van der Waals surface area contributed by atoms with Gasteiger partial charge in [0.1, 0.15) is 12.6 Å². The lowest BCUT2D eigenvalue weighted by Crippen LogP contribution is -2.51. The van der Waals surface area contributed by atoms with E-state index in [0.717, 1.165) is 38.9 Å². The maximum atomic E-state index is 13.7. The van der Waals surface area contributed by atoms with E-state index in [0.29, 0.717) is 12.2 Å². The Morgan fingerprint density at radius 3 is 2.37 bits per heavy atom. The van der Waals surface area contributed by atoms with E-state index in [-0.39, 0.29) is 12.5 Å². The van der Waals surface area contributed by atoms with E-state index >= 15 is 0 Å². The molecule has 3 rings (SSSR count). The largest absolute Gasteiger partial charge is 0.354 e. The molecule has 0 saturated heterocycles. The molecule has 1 atom stereocenters. The van der Waals surface area contributed by atoms with Crippen molar-refractivity contribution in [2.75, 3.05) is 23.7 Å². The van der Waals surface area contributed by atoms with Crippen molar-refractivity contribution in [3.05, 3.63) is 77.9 Å². The molecule has 8 heteroatoms. The van der Waals surface area contributed by atoms with Crippen molar-refractivity contribution in [1.29, 1.82) is 0 Å². The van der Waals surface area contributed by atoms with Gasteiger partial charge in [-0.1, -0.05) is 73.2 Å². The quantitative estimate of drug-likeness (QED) is 0.463. The van der Waals surface area contributed by atoms with Crippen molar-refractivity contribution in [2.24, 2.45) is 0 Å². The normalized spacial score (nSPS) is 12.2. The number of sulfonamides is 1. The molecule has 0 aliphatic rings. The lowest BCUT2D eigenvalue weighted by molar-refractivity contribution is -0.139. The third kappa shape index (κ3) is 6.60. The fraction of sp³-hybridized carbons (Fsp3) is 0.333. The Morgan fingerprint density at radius 2 is 1.69 bits per heavy atom. The van der Waals surface area contributed by atoms with Crippen molar-refractivity contribution < 1.29 is 18.0 Å². The number of anilines is 1. The molecule has 0 aromatic heterocycles. The number of fused-ring (bicyclic) bond motifs is 1. The predicted octanol–water partition coefficient (Wildman–Crippen LogP) is 3.86. The Kier molecular flexibility index (Phi) is 8.51. The van der Waals surface area contributed by atoms with E-state index in [1.54, 1.807) is 19.1 Å². The lowest BCUT2D eigenvalue weighted by atomic mass is 10.1. The average Bonchev–Trinajstić information content (AvgIpc) is 2.83. The molecule has 186 valence electrons. The van der Waals surface area contributed by atoms with Gasteiger partial charge in [-0.2, -0.15) is 0 Å². The second-order valence-corrected chi connectivity index (χ2v) is 10.7. The van der Waals surface area contributed by atoms with Crippen LogP contribution < -0.4 is 9.62 Å². The highest BCUT2D eigenvalue weighted by atomic mass is 32.2. The van der Waals surface area contributed by atoms with Crippen LogP contribution in [0.1, 0.15) is 31.4 Å². The molecule has 0 heterocycles. The number of hydrogen-bond donors (Lipinski definition) is 1. The minimum absolute atomic E-state index is 0.189. The smallest absolute Gasteiger partial charge is 0.244 e. The first-order chi connectivity index (χ1) is 16.6. The molecule has 0 radical (unpaired) electrons. The second kappa shape index (κ2) is 11.4. The van der Waals surface area contributed by atoms with Gasteiger partial charge in [0, 0.05) is 18.5 Å². The summed E-state index contributed by atoms with van der Waals surface area (Å²) in [6.45, 7) is 5.86. The molecule has 7 nitrogen and oxygen atoms in total. The number of nitrogens with zero attached hydrogens (tertiary/aromatic N) is 2. The minimum Gasteiger partial charge on any atom is -0.354 e. The standard InChI is InChI=1S/C27H33N3O4S/c1-5-16-28-27(32)21(3)29(18-22-11-8-10-20(2)17-22)26(31)19-30(35(4,33)34)25-15-9-13-23-12-6-7-14-24(23)25/h6-15,17,21H,5,16,18-19H2,1-4H3,(H,28,32)/t21-/m0/s1. The number of rotatable bonds is 10. The van der Waals surface area contributed by atoms with Crippen LogP contribution in [0, 0.1) is 6.92 Å². The first-order valence-electron chi connectivity index (χ1n) is 11.7. The third-order valence-corrected chi connectivity index (χ3v) is 6.99. The van der Waals surface area contributed by atoms with E-state index in [2.05, 4.69) is 5.32 Å². The number of carbonyl (C=O) groups excluding carboxylic acids is 2. The van der Waals surface area contributed by atoms with Crippen LogP contribution in [0.25, 0.3) is 10.8 Å². The van der Waals surface area contributed by atoms with E-state index in [1.165, 1.54) is 4.90 Å². The number of aryl methyl sites for hydroxylation is 1. The van der Waals surface area contributed by atoms with Crippen molar-refractivity contribution in [3.63, 3.8) is 0 Å². The number of nitrogens with one attached hydrogen (secondary N) is 1. The summed E-state index contributed by atoms with van der Waals surface area (Å²) in [5.41, 5.74) is 2.33. The Hall–Kier alpha value is -3.39. The molecule has 0 aliphatic carbocycles. The Morgan fingerprint density at radius 1 is 1.00 bits per heavy atom. The van der Waals surface area contributed by atoms with Gasteiger partial charge in [0.15, 0.2) is 0 Å².